The van der Waals surface area contributed by atoms with E-state index < -0.39 is 17.6 Å². The molecule has 36 heavy (non-hydrogen) atoms. The monoisotopic (exact) mass is 496 g/mol. The van der Waals surface area contributed by atoms with Crippen molar-refractivity contribution in [3.05, 3.63) is 72.1 Å². The van der Waals surface area contributed by atoms with Crippen LogP contribution in [0.25, 0.3) is 10.9 Å². The predicted molar refractivity (Wildman–Crippen MR) is 130 cm³/mol. The molecule has 1 fully saturated rings. The zero-order valence-electron chi connectivity index (χ0n) is 19.0. The summed E-state index contributed by atoms with van der Waals surface area (Å²) in [5, 5.41) is 16.7. The molecule has 5 rings (SSSR count). The Morgan fingerprint density at radius 3 is 2.83 bits per heavy atom. The van der Waals surface area contributed by atoms with Crippen LogP contribution in [0.15, 0.2) is 60.9 Å². The number of nitrogens with zero attached hydrogens (tertiary/aromatic N) is 2. The number of nitrogens with one attached hydrogen (secondary N) is 4. The molecule has 0 aliphatic carbocycles. The summed E-state index contributed by atoms with van der Waals surface area (Å²) in [6, 6.07) is 11.9. The van der Waals surface area contributed by atoms with Gasteiger partial charge in [0.25, 0.3) is 5.91 Å². The summed E-state index contributed by atoms with van der Waals surface area (Å²) >= 11 is 0. The van der Waals surface area contributed by atoms with Gasteiger partial charge in [0.05, 0.1) is 22.8 Å². The van der Waals surface area contributed by atoms with E-state index in [0.29, 0.717) is 5.69 Å². The van der Waals surface area contributed by atoms with Gasteiger partial charge in [0.15, 0.2) is 0 Å². The van der Waals surface area contributed by atoms with E-state index in [9.17, 15) is 18.0 Å². The van der Waals surface area contributed by atoms with Crippen molar-refractivity contribution in [1.29, 1.82) is 0 Å². The second-order valence-electron chi connectivity index (χ2n) is 8.50. The molecule has 2 aromatic carbocycles. The molecule has 0 bridgehead atoms. The van der Waals surface area contributed by atoms with Gasteiger partial charge in [-0.2, -0.15) is 18.3 Å². The number of fused-ring (bicyclic) bond motifs is 1. The molecule has 1 atom stereocenters. The highest BCUT2D eigenvalue weighted by atomic mass is 19.4. The van der Waals surface area contributed by atoms with Crippen molar-refractivity contribution >= 4 is 34.0 Å². The summed E-state index contributed by atoms with van der Waals surface area (Å²) < 4.78 is 46.2. The number of alkyl halides is 3. The van der Waals surface area contributed by atoms with Crippen molar-refractivity contribution in [3.8, 4) is 5.75 Å². The maximum atomic E-state index is 13.5. The van der Waals surface area contributed by atoms with Crippen LogP contribution in [0.2, 0.25) is 0 Å². The van der Waals surface area contributed by atoms with Crippen molar-refractivity contribution in [1.82, 2.24) is 20.5 Å². The lowest BCUT2D eigenvalue weighted by molar-refractivity contribution is -0.137. The van der Waals surface area contributed by atoms with Gasteiger partial charge in [0.2, 0.25) is 0 Å². The molecular formula is C25H23F3N6O2. The fraction of sp³-hybridized carbons (Fsp3) is 0.240. The van der Waals surface area contributed by atoms with Crippen LogP contribution in [0.5, 0.6) is 5.75 Å². The first-order valence-corrected chi connectivity index (χ1v) is 11.4. The number of hydrogen-bond acceptors (Lipinski definition) is 6. The molecule has 1 unspecified atom stereocenters. The number of benzene rings is 2. The number of pyridine rings is 1. The third-order valence-electron chi connectivity index (χ3n) is 5.86. The van der Waals surface area contributed by atoms with Gasteiger partial charge in [-0.1, -0.05) is 0 Å². The molecular weight excluding hydrogens is 473 g/mol. The first-order valence-electron chi connectivity index (χ1n) is 11.4. The van der Waals surface area contributed by atoms with Gasteiger partial charge < -0.3 is 20.7 Å². The highest BCUT2D eigenvalue weighted by Crippen LogP contribution is 2.34. The molecule has 3 heterocycles. The largest absolute Gasteiger partial charge is 0.492 e. The summed E-state index contributed by atoms with van der Waals surface area (Å²) in [7, 11) is 0. The van der Waals surface area contributed by atoms with E-state index >= 15 is 0 Å². The number of halogens is 3. The van der Waals surface area contributed by atoms with Crippen LogP contribution < -0.4 is 20.7 Å². The predicted octanol–water partition coefficient (Wildman–Crippen LogP) is 5.10. The summed E-state index contributed by atoms with van der Waals surface area (Å²) in [5.41, 5.74) is 0.684. The van der Waals surface area contributed by atoms with Crippen molar-refractivity contribution in [2.75, 3.05) is 23.8 Å². The molecule has 0 radical (unpaired) electrons. The highest BCUT2D eigenvalue weighted by molar-refractivity contribution is 6.08. The lowest BCUT2D eigenvalue weighted by Crippen LogP contribution is -2.28. The summed E-state index contributed by atoms with van der Waals surface area (Å²) in [6.07, 6.45) is 0.496. The second-order valence-corrected chi connectivity index (χ2v) is 8.50. The molecule has 2 aromatic heterocycles. The van der Waals surface area contributed by atoms with E-state index in [0.717, 1.165) is 42.4 Å². The molecule has 11 heteroatoms. The van der Waals surface area contributed by atoms with Crippen LogP contribution in [-0.2, 0) is 6.18 Å². The van der Waals surface area contributed by atoms with Gasteiger partial charge in [-0.15, -0.1) is 0 Å². The lowest BCUT2D eigenvalue weighted by Gasteiger charge is -2.16. The summed E-state index contributed by atoms with van der Waals surface area (Å²) in [5.74, 6) is -0.327. The zero-order chi connectivity index (χ0) is 25.1. The number of aromatic nitrogens is 3. The van der Waals surface area contributed by atoms with Crippen molar-refractivity contribution in [2.24, 2.45) is 0 Å². The molecule has 1 amide bonds. The number of amides is 1. The second kappa shape index (κ2) is 9.86. The molecule has 186 valence electrons. The van der Waals surface area contributed by atoms with Crippen LogP contribution in [-0.4, -0.2) is 40.3 Å². The Morgan fingerprint density at radius 1 is 1.14 bits per heavy atom. The molecule has 1 aliphatic rings. The quantitative estimate of drug-likeness (QED) is 0.284. The molecule has 1 aliphatic heterocycles. The Bertz CT molecular complexity index is 1380. The van der Waals surface area contributed by atoms with E-state index in [1.807, 2.05) is 18.2 Å². The van der Waals surface area contributed by atoms with Gasteiger partial charge in [0.1, 0.15) is 18.2 Å². The number of carbonyl (C=O) groups excluding carboxylic acids is 1. The summed E-state index contributed by atoms with van der Waals surface area (Å²) in [4.78, 5) is 17.3. The molecule has 1 saturated heterocycles. The van der Waals surface area contributed by atoms with Gasteiger partial charge in [0, 0.05) is 35.1 Å². The van der Waals surface area contributed by atoms with Crippen molar-refractivity contribution in [3.63, 3.8) is 0 Å². The number of H-pyrrole nitrogens is 1. The van der Waals surface area contributed by atoms with Crippen LogP contribution in [0.4, 0.5) is 30.4 Å². The number of hydrogen-bond donors (Lipinski definition) is 4. The third-order valence-corrected chi connectivity index (χ3v) is 5.86. The van der Waals surface area contributed by atoms with Crippen LogP contribution in [0.1, 0.15) is 28.8 Å². The van der Waals surface area contributed by atoms with Crippen LogP contribution in [0, 0.1) is 0 Å². The van der Waals surface area contributed by atoms with Crippen LogP contribution >= 0.6 is 0 Å². The minimum Gasteiger partial charge on any atom is -0.492 e. The molecule has 4 N–H and O–H groups in total. The smallest absolute Gasteiger partial charge is 0.416 e. The van der Waals surface area contributed by atoms with Gasteiger partial charge in [-0.25, -0.2) is 4.98 Å². The number of ether oxygens (including phenoxy) is 1. The van der Waals surface area contributed by atoms with E-state index in [1.165, 1.54) is 18.3 Å². The number of carbonyl (C=O) groups is 1. The van der Waals surface area contributed by atoms with Gasteiger partial charge in [-0.3, -0.25) is 9.89 Å². The minimum atomic E-state index is -4.60. The number of rotatable bonds is 7. The van der Waals surface area contributed by atoms with E-state index in [4.69, 9.17) is 4.74 Å². The minimum absolute atomic E-state index is 0.0297. The third kappa shape index (κ3) is 5.41. The Hall–Kier alpha value is -4.12. The molecule has 0 saturated carbocycles. The van der Waals surface area contributed by atoms with Crippen molar-refractivity contribution in [2.45, 2.75) is 25.1 Å². The Morgan fingerprint density at radius 2 is 2.03 bits per heavy atom. The Kier molecular flexibility index (Phi) is 6.47. The van der Waals surface area contributed by atoms with Gasteiger partial charge >= 0.3 is 6.18 Å². The number of anilines is 3. The molecule has 8 nitrogen and oxygen atoms in total. The average Bonchev–Trinajstić information content (AvgIpc) is 3.54. The van der Waals surface area contributed by atoms with E-state index in [2.05, 4.69) is 31.1 Å². The standard InChI is InChI=1S/C25H23F3N6O2/c26-25(27,28)16-9-19(11-20(10-16)36-14-18-3-1-7-29-18)33-24(35)21-4-2-8-30-23(21)32-17-6-5-15-13-31-34-22(15)12-17/h2,4-6,8-13,18,29H,1,3,7,14H2,(H,30,32)(H,31,34)(H,33,35). The van der Waals surface area contributed by atoms with Crippen LogP contribution in [0.3, 0.4) is 0 Å². The Labute approximate surface area is 204 Å². The maximum Gasteiger partial charge on any atom is 0.416 e. The summed E-state index contributed by atoms with van der Waals surface area (Å²) in [6.45, 7) is 1.10. The lowest BCUT2D eigenvalue weighted by atomic mass is 10.1. The van der Waals surface area contributed by atoms with Crippen molar-refractivity contribution < 1.29 is 22.7 Å². The fourth-order valence-electron chi connectivity index (χ4n) is 4.05. The highest BCUT2D eigenvalue weighted by Gasteiger charge is 2.32. The first kappa shape index (κ1) is 23.6. The molecule has 0 spiro atoms. The van der Waals surface area contributed by atoms with E-state index in [1.54, 1.807) is 12.3 Å². The Balaban J connectivity index is 1.37. The SMILES string of the molecule is O=C(Nc1cc(OCC2CCCN2)cc(C(F)(F)F)c1)c1cccnc1Nc1ccc2cn[nH]c2c1. The first-order chi connectivity index (χ1) is 17.3. The van der Waals surface area contributed by atoms with Gasteiger partial charge in [-0.05, 0) is 61.9 Å². The average molecular weight is 496 g/mol. The molecule has 4 aromatic rings. The van der Waals surface area contributed by atoms with E-state index in [-0.39, 0.29) is 35.5 Å². The fourth-order valence-corrected chi connectivity index (χ4v) is 4.05. The normalized spacial score (nSPS) is 15.7. The topological polar surface area (TPSA) is 104 Å². The number of aromatic amines is 1. The zero-order valence-corrected chi connectivity index (χ0v) is 19.0. The maximum absolute atomic E-state index is 13.5.